The topological polar surface area (TPSA) is 64.1 Å². The first-order valence-corrected chi connectivity index (χ1v) is 7.07. The van der Waals surface area contributed by atoms with E-state index in [2.05, 4.69) is 4.98 Å². The molecule has 0 unspecified atom stereocenters. The number of sulfone groups is 1. The fourth-order valence-electron chi connectivity index (χ4n) is 1.51. The summed E-state index contributed by atoms with van der Waals surface area (Å²) < 4.78 is 36.5. The highest BCUT2D eigenvalue weighted by molar-refractivity contribution is 7.92. The maximum absolute atomic E-state index is 12.6. The predicted octanol–water partition coefficient (Wildman–Crippen LogP) is 1.88. The molecule has 0 fully saturated rings. The predicted molar refractivity (Wildman–Crippen MR) is 67.0 cm³/mol. The lowest BCUT2D eigenvalue weighted by molar-refractivity contribution is 0.102. The number of Topliss-reactive ketones (excluding diaryl/α,β-unsaturated/α-hetero) is 1. The largest absolute Gasteiger partial charge is 0.293 e. The van der Waals surface area contributed by atoms with Crippen molar-refractivity contribution in [3.8, 4) is 0 Å². The third kappa shape index (κ3) is 3.23. The standard InChI is InChI=1S/C13H10FNO3S/c14-13-7-6-10(8-15-13)12(16)9-19(17,18)11-4-2-1-3-5-11/h1-8H,9H2. The molecular weight excluding hydrogens is 269 g/mol. The van der Waals surface area contributed by atoms with Crippen LogP contribution in [0.2, 0.25) is 0 Å². The lowest BCUT2D eigenvalue weighted by atomic mass is 10.2. The third-order valence-corrected chi connectivity index (χ3v) is 4.11. The summed E-state index contributed by atoms with van der Waals surface area (Å²) >= 11 is 0. The molecule has 1 aromatic heterocycles. The highest BCUT2D eigenvalue weighted by atomic mass is 32.2. The fourth-order valence-corrected chi connectivity index (χ4v) is 2.76. The molecule has 0 saturated carbocycles. The van der Waals surface area contributed by atoms with Crippen molar-refractivity contribution in [2.24, 2.45) is 0 Å². The number of carbonyl (C=O) groups is 1. The van der Waals surface area contributed by atoms with Crippen LogP contribution in [-0.4, -0.2) is 24.9 Å². The van der Waals surface area contributed by atoms with Gasteiger partial charge in [-0.3, -0.25) is 4.79 Å². The zero-order chi connectivity index (χ0) is 13.9. The summed E-state index contributed by atoms with van der Waals surface area (Å²) in [6.07, 6.45) is 1.03. The number of hydrogen-bond donors (Lipinski definition) is 0. The molecular formula is C13H10FNO3S. The third-order valence-electron chi connectivity index (χ3n) is 2.47. The zero-order valence-corrected chi connectivity index (χ0v) is 10.6. The van der Waals surface area contributed by atoms with E-state index in [4.69, 9.17) is 0 Å². The Morgan fingerprint density at radius 2 is 1.79 bits per heavy atom. The Kier molecular flexibility index (Phi) is 3.71. The van der Waals surface area contributed by atoms with E-state index in [1.807, 2.05) is 0 Å². The molecule has 98 valence electrons. The van der Waals surface area contributed by atoms with Crippen molar-refractivity contribution in [3.05, 3.63) is 60.2 Å². The van der Waals surface area contributed by atoms with Gasteiger partial charge in [0.25, 0.3) is 0 Å². The Balaban J connectivity index is 2.22. The Morgan fingerprint density at radius 1 is 1.11 bits per heavy atom. The van der Waals surface area contributed by atoms with Crippen LogP contribution in [0.1, 0.15) is 10.4 Å². The molecule has 0 aliphatic carbocycles. The summed E-state index contributed by atoms with van der Waals surface area (Å²) in [5.41, 5.74) is 0.0703. The van der Waals surface area contributed by atoms with Crippen molar-refractivity contribution in [2.45, 2.75) is 4.90 Å². The lowest BCUT2D eigenvalue weighted by Crippen LogP contribution is -2.16. The van der Waals surface area contributed by atoms with Gasteiger partial charge in [-0.25, -0.2) is 13.4 Å². The highest BCUT2D eigenvalue weighted by Crippen LogP contribution is 2.12. The maximum Gasteiger partial charge on any atom is 0.212 e. The molecule has 0 spiro atoms. The van der Waals surface area contributed by atoms with E-state index < -0.39 is 27.3 Å². The van der Waals surface area contributed by atoms with Gasteiger partial charge in [0.1, 0.15) is 5.75 Å². The summed E-state index contributed by atoms with van der Waals surface area (Å²) in [5, 5.41) is 0. The van der Waals surface area contributed by atoms with Gasteiger partial charge in [0.2, 0.25) is 5.95 Å². The van der Waals surface area contributed by atoms with E-state index in [0.717, 1.165) is 12.3 Å². The Hall–Kier alpha value is -2.08. The first kappa shape index (κ1) is 13.4. The second-order valence-corrected chi connectivity index (χ2v) is 5.85. The first-order valence-electron chi connectivity index (χ1n) is 5.41. The second-order valence-electron chi connectivity index (χ2n) is 3.86. The van der Waals surface area contributed by atoms with Crippen molar-refractivity contribution < 1.29 is 17.6 Å². The second kappa shape index (κ2) is 5.27. The number of aromatic nitrogens is 1. The molecule has 0 aliphatic heterocycles. The van der Waals surface area contributed by atoms with Gasteiger partial charge < -0.3 is 0 Å². The van der Waals surface area contributed by atoms with Crippen molar-refractivity contribution in [2.75, 3.05) is 5.75 Å². The SMILES string of the molecule is O=C(CS(=O)(=O)c1ccccc1)c1ccc(F)nc1. The van der Waals surface area contributed by atoms with Crippen molar-refractivity contribution in [1.82, 2.24) is 4.98 Å². The number of rotatable bonds is 4. The van der Waals surface area contributed by atoms with E-state index in [-0.39, 0.29) is 10.5 Å². The molecule has 4 nitrogen and oxygen atoms in total. The highest BCUT2D eigenvalue weighted by Gasteiger charge is 2.20. The number of benzene rings is 1. The normalized spacial score (nSPS) is 11.2. The minimum Gasteiger partial charge on any atom is -0.293 e. The average molecular weight is 279 g/mol. The number of hydrogen-bond acceptors (Lipinski definition) is 4. The van der Waals surface area contributed by atoms with Crippen LogP contribution < -0.4 is 0 Å². The van der Waals surface area contributed by atoms with E-state index in [0.29, 0.717) is 0 Å². The minimum absolute atomic E-state index is 0.0703. The zero-order valence-electron chi connectivity index (χ0n) is 9.78. The monoisotopic (exact) mass is 279 g/mol. The molecule has 0 radical (unpaired) electrons. The van der Waals surface area contributed by atoms with Gasteiger partial charge in [0.15, 0.2) is 15.6 Å². The number of ketones is 1. The number of nitrogens with zero attached hydrogens (tertiary/aromatic N) is 1. The first-order chi connectivity index (χ1) is 8.99. The van der Waals surface area contributed by atoms with Crippen LogP contribution >= 0.6 is 0 Å². The molecule has 0 saturated heterocycles. The van der Waals surface area contributed by atoms with E-state index in [1.54, 1.807) is 18.2 Å². The number of pyridine rings is 1. The van der Waals surface area contributed by atoms with Crippen LogP contribution in [0.5, 0.6) is 0 Å². The summed E-state index contributed by atoms with van der Waals surface area (Å²) in [7, 11) is -3.69. The van der Waals surface area contributed by atoms with Gasteiger partial charge in [-0.2, -0.15) is 4.39 Å². The maximum atomic E-state index is 12.6. The summed E-state index contributed by atoms with van der Waals surface area (Å²) in [4.78, 5) is 15.2. The molecule has 0 aliphatic rings. The molecule has 2 rings (SSSR count). The summed E-state index contributed by atoms with van der Waals surface area (Å²) in [5.74, 6) is -2.00. The van der Waals surface area contributed by atoms with Crippen LogP contribution in [0.15, 0.2) is 53.6 Å². The molecule has 0 bridgehead atoms. The van der Waals surface area contributed by atoms with Gasteiger partial charge in [-0.05, 0) is 24.3 Å². The van der Waals surface area contributed by atoms with Crippen molar-refractivity contribution >= 4 is 15.6 Å². The van der Waals surface area contributed by atoms with E-state index in [1.165, 1.54) is 18.2 Å². The van der Waals surface area contributed by atoms with Gasteiger partial charge >= 0.3 is 0 Å². The summed E-state index contributed by atoms with van der Waals surface area (Å²) in [6, 6.07) is 9.92. The number of carbonyl (C=O) groups excluding carboxylic acids is 1. The van der Waals surface area contributed by atoms with Gasteiger partial charge in [0.05, 0.1) is 4.90 Å². The van der Waals surface area contributed by atoms with Crippen LogP contribution in [0, 0.1) is 5.95 Å². The molecule has 6 heteroatoms. The molecule has 0 amide bonds. The van der Waals surface area contributed by atoms with Gasteiger partial charge in [0, 0.05) is 11.8 Å². The smallest absolute Gasteiger partial charge is 0.212 e. The minimum atomic E-state index is -3.69. The quantitative estimate of drug-likeness (QED) is 0.633. The fraction of sp³-hybridized carbons (Fsp3) is 0.0769. The molecule has 2 aromatic rings. The van der Waals surface area contributed by atoms with Crippen LogP contribution in [0.4, 0.5) is 4.39 Å². The summed E-state index contributed by atoms with van der Waals surface area (Å²) in [6.45, 7) is 0. The molecule has 1 heterocycles. The van der Waals surface area contributed by atoms with Crippen molar-refractivity contribution in [1.29, 1.82) is 0 Å². The van der Waals surface area contributed by atoms with Crippen LogP contribution in [0.3, 0.4) is 0 Å². The number of halogens is 1. The molecule has 0 atom stereocenters. The Morgan fingerprint density at radius 3 is 2.37 bits per heavy atom. The van der Waals surface area contributed by atoms with Crippen LogP contribution in [-0.2, 0) is 9.84 Å². The Bertz CT molecular complexity index is 682. The van der Waals surface area contributed by atoms with E-state index in [9.17, 15) is 17.6 Å². The van der Waals surface area contributed by atoms with Gasteiger partial charge in [-0.1, -0.05) is 18.2 Å². The van der Waals surface area contributed by atoms with Gasteiger partial charge in [-0.15, -0.1) is 0 Å². The Labute approximate surface area is 109 Å². The lowest BCUT2D eigenvalue weighted by Gasteiger charge is -2.03. The van der Waals surface area contributed by atoms with Crippen molar-refractivity contribution in [3.63, 3.8) is 0 Å². The molecule has 1 aromatic carbocycles. The molecule has 0 N–H and O–H groups in total. The molecule has 19 heavy (non-hydrogen) atoms. The van der Waals surface area contributed by atoms with E-state index >= 15 is 0 Å². The average Bonchev–Trinajstić information content (AvgIpc) is 2.40. The van der Waals surface area contributed by atoms with Crippen LogP contribution in [0.25, 0.3) is 0 Å².